The van der Waals surface area contributed by atoms with E-state index in [-0.39, 0.29) is 0 Å². The molecule has 0 amide bonds. The zero-order valence-corrected chi connectivity index (χ0v) is 5.05. The molecule has 40 valence electrons. The van der Waals surface area contributed by atoms with Gasteiger partial charge in [-0.1, -0.05) is 0 Å². The quantitative estimate of drug-likeness (QED) is 0.501. The van der Waals surface area contributed by atoms with E-state index in [0.717, 1.165) is 4.75 Å². The van der Waals surface area contributed by atoms with Crippen LogP contribution in [-0.2, 0) is 0 Å². The van der Waals surface area contributed by atoms with Crippen LogP contribution in [0.15, 0.2) is 0 Å². The molecule has 2 aliphatic rings. The second-order valence-electron chi connectivity index (χ2n) is 2.40. The topological polar surface area (TPSA) is 12.0 Å². The SMILES string of the molecule is C1NCC2(CC2)S1. The average Bonchev–Trinajstić information content (AvgIpc) is 2.15. The fraction of sp³-hybridized carbons (Fsp3) is 1.00. The van der Waals surface area contributed by atoms with Crippen LogP contribution >= 0.6 is 11.8 Å². The Bertz CT molecular complexity index is 80.1. The Hall–Kier alpha value is 0.310. The van der Waals surface area contributed by atoms with Gasteiger partial charge in [0.25, 0.3) is 0 Å². The van der Waals surface area contributed by atoms with Crippen LogP contribution in [0.25, 0.3) is 0 Å². The monoisotopic (exact) mass is 115 g/mol. The molecule has 1 nitrogen and oxygen atoms in total. The molecule has 2 fully saturated rings. The molecule has 1 aliphatic heterocycles. The summed E-state index contributed by atoms with van der Waals surface area (Å²) in [6, 6.07) is 0. The van der Waals surface area contributed by atoms with Crippen LogP contribution in [0.4, 0.5) is 0 Å². The number of nitrogens with one attached hydrogen (secondary N) is 1. The van der Waals surface area contributed by atoms with E-state index in [2.05, 4.69) is 17.1 Å². The first-order valence-electron chi connectivity index (χ1n) is 2.76. The fourth-order valence-electron chi connectivity index (χ4n) is 0.995. The van der Waals surface area contributed by atoms with Gasteiger partial charge in [-0.25, -0.2) is 0 Å². The predicted molar refractivity (Wildman–Crippen MR) is 32.4 cm³/mol. The summed E-state index contributed by atoms with van der Waals surface area (Å²) in [6.45, 7) is 1.28. The normalized spacial score (nSPS) is 34.3. The van der Waals surface area contributed by atoms with Gasteiger partial charge in [-0.2, -0.15) is 0 Å². The van der Waals surface area contributed by atoms with Gasteiger partial charge in [-0.15, -0.1) is 11.8 Å². The third kappa shape index (κ3) is 0.572. The van der Waals surface area contributed by atoms with Crippen molar-refractivity contribution in [2.45, 2.75) is 17.6 Å². The molecule has 0 aromatic heterocycles. The number of rotatable bonds is 0. The van der Waals surface area contributed by atoms with Crippen LogP contribution in [0.5, 0.6) is 0 Å². The Morgan fingerprint density at radius 2 is 2.29 bits per heavy atom. The van der Waals surface area contributed by atoms with Crippen molar-refractivity contribution in [2.24, 2.45) is 0 Å². The highest BCUT2D eigenvalue weighted by molar-refractivity contribution is 8.01. The molecule has 2 rings (SSSR count). The van der Waals surface area contributed by atoms with Crippen molar-refractivity contribution in [1.82, 2.24) is 5.32 Å². The predicted octanol–water partition coefficient (Wildman–Crippen LogP) is 0.813. The van der Waals surface area contributed by atoms with E-state index >= 15 is 0 Å². The zero-order valence-electron chi connectivity index (χ0n) is 4.24. The van der Waals surface area contributed by atoms with Crippen molar-refractivity contribution in [3.8, 4) is 0 Å². The molecule has 1 saturated carbocycles. The van der Waals surface area contributed by atoms with E-state index < -0.39 is 0 Å². The van der Waals surface area contributed by atoms with Gasteiger partial charge in [0.1, 0.15) is 0 Å². The van der Waals surface area contributed by atoms with Gasteiger partial charge in [-0.3, -0.25) is 0 Å². The van der Waals surface area contributed by atoms with Crippen molar-refractivity contribution < 1.29 is 0 Å². The lowest BCUT2D eigenvalue weighted by atomic mass is 10.4. The summed E-state index contributed by atoms with van der Waals surface area (Å²) in [7, 11) is 0. The van der Waals surface area contributed by atoms with Crippen LogP contribution in [0.3, 0.4) is 0 Å². The molecule has 1 saturated heterocycles. The average molecular weight is 115 g/mol. The molecule has 0 unspecified atom stereocenters. The van der Waals surface area contributed by atoms with Gasteiger partial charge in [0.15, 0.2) is 0 Å². The second kappa shape index (κ2) is 1.17. The molecule has 0 radical (unpaired) electrons. The lowest BCUT2D eigenvalue weighted by Crippen LogP contribution is -2.12. The maximum Gasteiger partial charge on any atom is 0.0424 e. The number of hydrogen-bond donors (Lipinski definition) is 1. The first kappa shape index (κ1) is 4.21. The van der Waals surface area contributed by atoms with Crippen molar-refractivity contribution in [3.05, 3.63) is 0 Å². The van der Waals surface area contributed by atoms with Gasteiger partial charge in [0, 0.05) is 17.2 Å². The van der Waals surface area contributed by atoms with Crippen LogP contribution < -0.4 is 5.32 Å². The van der Waals surface area contributed by atoms with Crippen LogP contribution in [-0.4, -0.2) is 17.2 Å². The van der Waals surface area contributed by atoms with E-state index in [4.69, 9.17) is 0 Å². The summed E-state index contributed by atoms with van der Waals surface area (Å²) >= 11 is 2.10. The Labute approximate surface area is 47.9 Å². The van der Waals surface area contributed by atoms with Gasteiger partial charge in [0.2, 0.25) is 0 Å². The van der Waals surface area contributed by atoms with E-state index in [0.29, 0.717) is 0 Å². The third-order valence-corrected chi connectivity index (χ3v) is 3.25. The standard InChI is InChI=1S/C5H9NS/c1-2-5(1)3-6-4-7-5/h6H,1-4H2. The molecule has 2 heteroatoms. The van der Waals surface area contributed by atoms with Crippen LogP contribution in [0, 0.1) is 0 Å². The summed E-state index contributed by atoms with van der Waals surface area (Å²) in [5, 5.41) is 3.34. The van der Waals surface area contributed by atoms with Gasteiger partial charge >= 0.3 is 0 Å². The zero-order chi connectivity index (χ0) is 4.74. The van der Waals surface area contributed by atoms with Gasteiger partial charge < -0.3 is 5.32 Å². The summed E-state index contributed by atoms with van der Waals surface area (Å²) in [5.74, 6) is 1.19. The minimum atomic E-state index is 0.750. The minimum absolute atomic E-state index is 0.750. The molecule has 0 aromatic rings. The summed E-state index contributed by atoms with van der Waals surface area (Å²) in [5.41, 5.74) is 0. The van der Waals surface area contributed by atoms with Gasteiger partial charge in [-0.05, 0) is 12.8 Å². The molecule has 0 atom stereocenters. The van der Waals surface area contributed by atoms with Crippen molar-refractivity contribution in [1.29, 1.82) is 0 Å². The molecule has 1 aliphatic carbocycles. The Morgan fingerprint density at radius 1 is 1.43 bits per heavy atom. The molecule has 1 heterocycles. The molecular weight excluding hydrogens is 106 g/mol. The fourth-order valence-corrected chi connectivity index (χ4v) is 2.10. The number of thioether (sulfide) groups is 1. The van der Waals surface area contributed by atoms with E-state index in [1.807, 2.05) is 0 Å². The minimum Gasteiger partial charge on any atom is -0.306 e. The highest BCUT2D eigenvalue weighted by Gasteiger charge is 2.45. The molecule has 0 bridgehead atoms. The van der Waals surface area contributed by atoms with E-state index in [1.54, 1.807) is 0 Å². The molecule has 7 heavy (non-hydrogen) atoms. The Morgan fingerprint density at radius 3 is 2.57 bits per heavy atom. The highest BCUT2D eigenvalue weighted by Crippen LogP contribution is 2.49. The Kier molecular flexibility index (Phi) is 0.707. The maximum atomic E-state index is 3.34. The smallest absolute Gasteiger partial charge is 0.0424 e. The van der Waals surface area contributed by atoms with Crippen molar-refractivity contribution in [2.75, 3.05) is 12.4 Å². The van der Waals surface area contributed by atoms with Crippen molar-refractivity contribution >= 4 is 11.8 Å². The van der Waals surface area contributed by atoms with Gasteiger partial charge in [0.05, 0.1) is 0 Å². The molecule has 1 N–H and O–H groups in total. The second-order valence-corrected chi connectivity index (χ2v) is 3.84. The summed E-state index contributed by atoms with van der Waals surface area (Å²) in [6.07, 6.45) is 2.93. The van der Waals surface area contributed by atoms with Crippen LogP contribution in [0.2, 0.25) is 0 Å². The lowest BCUT2D eigenvalue weighted by Gasteiger charge is -1.96. The van der Waals surface area contributed by atoms with E-state index in [9.17, 15) is 0 Å². The molecule has 1 spiro atoms. The first-order valence-corrected chi connectivity index (χ1v) is 3.75. The maximum absolute atomic E-state index is 3.34. The molecular formula is C5H9NS. The molecule has 0 aromatic carbocycles. The van der Waals surface area contributed by atoms with Crippen LogP contribution in [0.1, 0.15) is 12.8 Å². The first-order chi connectivity index (χ1) is 3.41. The third-order valence-electron chi connectivity index (χ3n) is 1.74. The lowest BCUT2D eigenvalue weighted by molar-refractivity contribution is 0.784. The van der Waals surface area contributed by atoms with E-state index in [1.165, 1.54) is 25.3 Å². The highest BCUT2D eigenvalue weighted by atomic mass is 32.2. The summed E-state index contributed by atoms with van der Waals surface area (Å²) in [4.78, 5) is 0. The largest absolute Gasteiger partial charge is 0.306 e. The Balaban J connectivity index is 2.07. The van der Waals surface area contributed by atoms with Crippen molar-refractivity contribution in [3.63, 3.8) is 0 Å². The summed E-state index contributed by atoms with van der Waals surface area (Å²) < 4.78 is 0.750. The number of hydrogen-bond acceptors (Lipinski definition) is 2.